The number of halogens is 1. The number of amides is 2. The molecule has 0 unspecified atom stereocenters. The lowest BCUT2D eigenvalue weighted by Crippen LogP contribution is -2.50. The molecule has 3 aromatic rings. The van der Waals surface area contributed by atoms with E-state index < -0.39 is 6.04 Å². The van der Waals surface area contributed by atoms with Crippen LogP contribution in [0.5, 0.6) is 0 Å². The van der Waals surface area contributed by atoms with Crippen molar-refractivity contribution in [1.82, 2.24) is 10.2 Å². The predicted octanol–water partition coefficient (Wildman–Crippen LogP) is 6.14. The Labute approximate surface area is 214 Å². The summed E-state index contributed by atoms with van der Waals surface area (Å²) >= 11 is 6.47. The molecule has 5 heteroatoms. The topological polar surface area (TPSA) is 49.4 Å². The zero-order chi connectivity index (χ0) is 25.0. The van der Waals surface area contributed by atoms with Crippen molar-refractivity contribution in [2.24, 2.45) is 0 Å². The van der Waals surface area contributed by atoms with Crippen LogP contribution < -0.4 is 5.32 Å². The van der Waals surface area contributed by atoms with Gasteiger partial charge < -0.3 is 10.2 Å². The molecule has 0 heterocycles. The number of carbonyl (C=O) groups excluding carboxylic acids is 2. The second-order valence-electron chi connectivity index (χ2n) is 8.95. The van der Waals surface area contributed by atoms with Crippen molar-refractivity contribution in [3.63, 3.8) is 0 Å². The monoisotopic (exact) mass is 490 g/mol. The minimum absolute atomic E-state index is 0.0583. The lowest BCUT2D eigenvalue weighted by molar-refractivity contribution is -0.141. The lowest BCUT2D eigenvalue weighted by Gasteiger charge is -2.32. The normalized spacial score (nSPS) is 11.6. The molecular weight excluding hydrogens is 456 g/mol. The second-order valence-corrected chi connectivity index (χ2v) is 9.36. The van der Waals surface area contributed by atoms with Gasteiger partial charge in [-0.25, -0.2) is 0 Å². The second kappa shape index (κ2) is 13.7. The van der Waals surface area contributed by atoms with Crippen LogP contribution in [0.25, 0.3) is 0 Å². The summed E-state index contributed by atoms with van der Waals surface area (Å²) < 4.78 is 0. The molecule has 2 amide bonds. The Hall–Kier alpha value is -3.11. The molecule has 0 spiro atoms. The SMILES string of the molecule is CCCCNC(=O)[C@@H](Cc1ccccc1)N(Cc1ccccc1Cl)C(=O)CCc1ccc(C)cc1. The quantitative estimate of drug-likeness (QED) is 0.310. The molecule has 0 saturated carbocycles. The van der Waals surface area contributed by atoms with Gasteiger partial charge >= 0.3 is 0 Å². The van der Waals surface area contributed by atoms with Crippen LogP contribution >= 0.6 is 11.6 Å². The number of benzene rings is 3. The van der Waals surface area contributed by atoms with Crippen LogP contribution in [0.15, 0.2) is 78.9 Å². The minimum Gasteiger partial charge on any atom is -0.354 e. The van der Waals surface area contributed by atoms with Crippen LogP contribution in [0.3, 0.4) is 0 Å². The summed E-state index contributed by atoms with van der Waals surface area (Å²) in [6.45, 7) is 5.01. The highest BCUT2D eigenvalue weighted by molar-refractivity contribution is 6.31. The van der Waals surface area contributed by atoms with Crippen LogP contribution in [-0.2, 0) is 29.0 Å². The van der Waals surface area contributed by atoms with Crippen LogP contribution in [-0.4, -0.2) is 29.3 Å². The zero-order valence-electron chi connectivity index (χ0n) is 20.7. The molecule has 3 rings (SSSR count). The van der Waals surface area contributed by atoms with Crippen LogP contribution in [0, 0.1) is 6.92 Å². The van der Waals surface area contributed by atoms with Gasteiger partial charge in [-0.3, -0.25) is 9.59 Å². The van der Waals surface area contributed by atoms with E-state index in [0.717, 1.165) is 29.5 Å². The van der Waals surface area contributed by atoms with Crippen molar-refractivity contribution in [3.8, 4) is 0 Å². The number of aryl methyl sites for hydroxylation is 2. The molecule has 35 heavy (non-hydrogen) atoms. The number of nitrogens with one attached hydrogen (secondary N) is 1. The zero-order valence-corrected chi connectivity index (χ0v) is 21.4. The fraction of sp³-hybridized carbons (Fsp3) is 0.333. The van der Waals surface area contributed by atoms with Gasteiger partial charge in [-0.15, -0.1) is 0 Å². The minimum atomic E-state index is -0.629. The van der Waals surface area contributed by atoms with Crippen molar-refractivity contribution < 1.29 is 9.59 Å². The molecule has 0 radical (unpaired) electrons. The van der Waals surface area contributed by atoms with Gasteiger partial charge in [-0.2, -0.15) is 0 Å². The Balaban J connectivity index is 1.88. The fourth-order valence-electron chi connectivity index (χ4n) is 4.02. The maximum absolute atomic E-state index is 13.7. The maximum atomic E-state index is 13.7. The van der Waals surface area contributed by atoms with Gasteiger partial charge in [-0.1, -0.05) is 103 Å². The Kier molecular flexibility index (Phi) is 10.4. The molecule has 0 bridgehead atoms. The van der Waals surface area contributed by atoms with Crippen LogP contribution in [0.4, 0.5) is 0 Å². The highest BCUT2D eigenvalue weighted by Crippen LogP contribution is 2.21. The summed E-state index contributed by atoms with van der Waals surface area (Å²) in [5.41, 5.74) is 4.14. The van der Waals surface area contributed by atoms with E-state index in [2.05, 4.69) is 36.5 Å². The molecule has 0 aliphatic heterocycles. The highest BCUT2D eigenvalue weighted by Gasteiger charge is 2.30. The number of hydrogen-bond donors (Lipinski definition) is 1. The smallest absolute Gasteiger partial charge is 0.243 e. The Morgan fingerprint density at radius 2 is 1.60 bits per heavy atom. The molecule has 1 N–H and O–H groups in total. The molecule has 1 atom stereocenters. The van der Waals surface area contributed by atoms with Crippen molar-refractivity contribution >= 4 is 23.4 Å². The van der Waals surface area contributed by atoms with Gasteiger partial charge in [0, 0.05) is 31.0 Å². The summed E-state index contributed by atoms with van der Waals surface area (Å²) in [5, 5.41) is 3.65. The Morgan fingerprint density at radius 1 is 0.914 bits per heavy atom. The van der Waals surface area contributed by atoms with E-state index >= 15 is 0 Å². The van der Waals surface area contributed by atoms with Gasteiger partial charge in [0.15, 0.2) is 0 Å². The Morgan fingerprint density at radius 3 is 2.29 bits per heavy atom. The van der Waals surface area contributed by atoms with Crippen molar-refractivity contribution in [2.75, 3.05) is 6.54 Å². The molecule has 0 saturated heterocycles. The number of nitrogens with zero attached hydrogens (tertiary/aromatic N) is 1. The van der Waals surface area contributed by atoms with Crippen LogP contribution in [0.1, 0.15) is 48.4 Å². The number of carbonyl (C=O) groups is 2. The molecule has 0 fully saturated rings. The predicted molar refractivity (Wildman–Crippen MR) is 143 cm³/mol. The number of rotatable bonds is 12. The van der Waals surface area contributed by atoms with E-state index in [4.69, 9.17) is 11.6 Å². The van der Waals surface area contributed by atoms with Gasteiger partial charge in [0.2, 0.25) is 11.8 Å². The standard InChI is InChI=1S/C30H35ClN2O2/c1-3-4-20-32-30(35)28(21-25-10-6-5-7-11-25)33(22-26-12-8-9-13-27(26)31)29(34)19-18-24-16-14-23(2)15-17-24/h5-17,28H,3-4,18-22H2,1-2H3,(H,32,35)/t28-/m1/s1. The fourth-order valence-corrected chi connectivity index (χ4v) is 4.22. The average Bonchev–Trinajstić information content (AvgIpc) is 2.87. The summed E-state index contributed by atoms with van der Waals surface area (Å²) in [5.74, 6) is -0.185. The van der Waals surface area contributed by atoms with E-state index in [1.165, 1.54) is 5.56 Å². The first-order chi connectivity index (χ1) is 17.0. The van der Waals surface area contributed by atoms with Crippen LogP contribution in [0.2, 0.25) is 5.02 Å². The molecule has 3 aromatic carbocycles. The molecule has 4 nitrogen and oxygen atoms in total. The third-order valence-corrected chi connectivity index (χ3v) is 6.52. The first kappa shape index (κ1) is 26.5. The van der Waals surface area contributed by atoms with E-state index in [0.29, 0.717) is 30.8 Å². The van der Waals surface area contributed by atoms with E-state index in [9.17, 15) is 9.59 Å². The van der Waals surface area contributed by atoms with E-state index in [1.54, 1.807) is 4.90 Å². The molecule has 0 aliphatic rings. The summed E-state index contributed by atoms with van der Waals surface area (Å²) in [7, 11) is 0. The Bertz CT molecular complexity index is 1080. The van der Waals surface area contributed by atoms with Crippen molar-refractivity contribution in [2.45, 2.75) is 58.5 Å². The molecule has 184 valence electrons. The highest BCUT2D eigenvalue weighted by atomic mass is 35.5. The van der Waals surface area contributed by atoms with Gasteiger partial charge in [-0.05, 0) is 42.5 Å². The van der Waals surface area contributed by atoms with Gasteiger partial charge in [0.25, 0.3) is 0 Å². The summed E-state index contributed by atoms with van der Waals surface area (Å²) in [6, 6.07) is 25.0. The van der Waals surface area contributed by atoms with Gasteiger partial charge in [0.1, 0.15) is 6.04 Å². The van der Waals surface area contributed by atoms with Crippen molar-refractivity contribution in [1.29, 1.82) is 0 Å². The first-order valence-electron chi connectivity index (χ1n) is 12.4. The van der Waals surface area contributed by atoms with Gasteiger partial charge in [0.05, 0.1) is 0 Å². The average molecular weight is 491 g/mol. The molecule has 0 aliphatic carbocycles. The first-order valence-corrected chi connectivity index (χ1v) is 12.8. The molecule has 0 aromatic heterocycles. The summed E-state index contributed by atoms with van der Waals surface area (Å²) in [4.78, 5) is 28.8. The third kappa shape index (κ3) is 8.25. The largest absolute Gasteiger partial charge is 0.354 e. The third-order valence-electron chi connectivity index (χ3n) is 6.15. The van der Waals surface area contributed by atoms with E-state index in [-0.39, 0.29) is 18.4 Å². The number of hydrogen-bond acceptors (Lipinski definition) is 2. The van der Waals surface area contributed by atoms with E-state index in [1.807, 2.05) is 61.5 Å². The number of unbranched alkanes of at least 4 members (excludes halogenated alkanes) is 1. The maximum Gasteiger partial charge on any atom is 0.243 e. The summed E-state index contributed by atoms with van der Waals surface area (Å²) in [6.07, 6.45) is 3.27. The molecular formula is C30H35ClN2O2. The lowest BCUT2D eigenvalue weighted by atomic mass is 10.0. The van der Waals surface area contributed by atoms with Crippen molar-refractivity contribution in [3.05, 3.63) is 106 Å².